The lowest BCUT2D eigenvalue weighted by Gasteiger charge is -2.32. The molecule has 1 saturated heterocycles. The molecule has 3 unspecified atom stereocenters. The largest absolute Gasteiger partial charge is 0.362 e. The van der Waals surface area contributed by atoms with E-state index in [1.54, 1.807) is 11.9 Å². The summed E-state index contributed by atoms with van der Waals surface area (Å²) in [6, 6.07) is 14.2. The summed E-state index contributed by atoms with van der Waals surface area (Å²) in [6.07, 6.45) is 6.66. The molecule has 0 spiro atoms. The third-order valence-corrected chi connectivity index (χ3v) is 8.39. The van der Waals surface area contributed by atoms with Gasteiger partial charge in [0.05, 0.1) is 12.6 Å². The molecule has 2 aromatic carbocycles. The number of rotatable bonds is 12. The zero-order valence-electron chi connectivity index (χ0n) is 34.1. The SMILES string of the molecule is CC.CCC.CNC=O.Cc1ccc(C)c(CCc2cc(C(=O)NC(C)(C)C)ccc2C(CC(C)NCC(=O)N2CCCCC2C#N)c2nn[nH]n2)c1. The van der Waals surface area contributed by atoms with Crippen LogP contribution >= 0.6 is 0 Å². The number of H-pyrrole nitrogens is 1. The molecule has 3 atom stereocenters. The molecule has 12 nitrogen and oxygen atoms in total. The summed E-state index contributed by atoms with van der Waals surface area (Å²) >= 11 is 0. The van der Waals surface area contributed by atoms with Crippen molar-refractivity contribution < 1.29 is 14.4 Å². The van der Waals surface area contributed by atoms with E-state index in [-0.39, 0.29) is 41.9 Å². The lowest BCUT2D eigenvalue weighted by molar-refractivity contribution is -0.132. The number of nitrogens with one attached hydrogen (secondary N) is 4. The minimum absolute atomic E-state index is 0.0531. The third-order valence-electron chi connectivity index (χ3n) is 8.39. The molecule has 53 heavy (non-hydrogen) atoms. The van der Waals surface area contributed by atoms with Crippen molar-refractivity contribution >= 4 is 18.2 Å². The third kappa shape index (κ3) is 16.3. The van der Waals surface area contributed by atoms with E-state index >= 15 is 0 Å². The van der Waals surface area contributed by atoms with Crippen LogP contribution in [0.2, 0.25) is 0 Å². The van der Waals surface area contributed by atoms with Gasteiger partial charge in [-0.05, 0) is 114 Å². The predicted octanol–water partition coefficient (Wildman–Crippen LogP) is 6.34. The van der Waals surface area contributed by atoms with Crippen LogP contribution in [0.5, 0.6) is 0 Å². The fourth-order valence-electron chi connectivity index (χ4n) is 5.91. The first-order valence-corrected chi connectivity index (χ1v) is 19.1. The van der Waals surface area contributed by atoms with Gasteiger partial charge in [-0.1, -0.05) is 69.2 Å². The second-order valence-corrected chi connectivity index (χ2v) is 14.2. The number of likely N-dealkylation sites (tertiary alicyclic amines) is 1. The van der Waals surface area contributed by atoms with Gasteiger partial charge in [0.2, 0.25) is 12.3 Å². The number of nitriles is 1. The summed E-state index contributed by atoms with van der Waals surface area (Å²) in [5.74, 6) is 0.171. The normalized spacial score (nSPS) is 14.7. The molecule has 0 radical (unpaired) electrons. The summed E-state index contributed by atoms with van der Waals surface area (Å²) in [7, 11) is 1.56. The molecule has 292 valence electrons. The second-order valence-electron chi connectivity index (χ2n) is 14.2. The first-order valence-electron chi connectivity index (χ1n) is 19.1. The molecule has 1 aliphatic heterocycles. The van der Waals surface area contributed by atoms with E-state index in [0.717, 1.165) is 43.2 Å². The van der Waals surface area contributed by atoms with Crippen LogP contribution in [0.15, 0.2) is 36.4 Å². The van der Waals surface area contributed by atoms with Crippen molar-refractivity contribution in [1.29, 1.82) is 5.26 Å². The number of hydrogen-bond acceptors (Lipinski definition) is 8. The Balaban J connectivity index is 0.00000142. The molecule has 1 aromatic heterocycles. The van der Waals surface area contributed by atoms with Crippen LogP contribution in [-0.2, 0) is 22.4 Å². The van der Waals surface area contributed by atoms with Crippen LogP contribution in [0, 0.1) is 25.2 Å². The van der Waals surface area contributed by atoms with E-state index in [2.05, 4.69) is 88.5 Å². The van der Waals surface area contributed by atoms with Crippen molar-refractivity contribution in [3.63, 3.8) is 0 Å². The van der Waals surface area contributed by atoms with Gasteiger partial charge in [-0.15, -0.1) is 10.2 Å². The van der Waals surface area contributed by atoms with Gasteiger partial charge in [0.25, 0.3) is 5.91 Å². The van der Waals surface area contributed by atoms with Gasteiger partial charge in [-0.2, -0.15) is 10.5 Å². The standard InChI is InChI=1S/C34H46N8O2.C3H8.C2H5NO.C2H6/c1-22-10-11-23(2)25(17-22)12-13-26-19-27(33(44)37-34(4,5)6)14-15-29(26)30(32-38-40-41-39-32)18-24(3)36-21-31(43)42-16-8-7-9-28(42)20-35;1-3-2;1-3-2-4;1-2/h10-11,14-15,17,19,24,28,30,36H,7-9,12-13,16,18,21H2,1-6H3,(H,37,44)(H,38,39,40,41);3H2,1-2H3;2H,1H3,(H,3,4);1-2H3. The van der Waals surface area contributed by atoms with Crippen LogP contribution in [0.4, 0.5) is 0 Å². The Kier molecular flexibility index (Phi) is 21.5. The zero-order chi connectivity index (χ0) is 40.0. The number of carbonyl (C=O) groups is 3. The average molecular weight is 732 g/mol. The topological polar surface area (TPSA) is 169 Å². The zero-order valence-corrected chi connectivity index (χ0v) is 34.1. The Morgan fingerprint density at radius 1 is 1.08 bits per heavy atom. The molecule has 3 aromatic rings. The lowest BCUT2D eigenvalue weighted by atomic mass is 9.85. The number of benzene rings is 2. The van der Waals surface area contributed by atoms with Crippen LogP contribution in [0.1, 0.15) is 137 Å². The Bertz CT molecular complexity index is 1560. The quantitative estimate of drug-likeness (QED) is 0.157. The summed E-state index contributed by atoms with van der Waals surface area (Å²) in [5.41, 5.74) is 6.06. The average Bonchev–Trinajstić information content (AvgIpc) is 3.69. The molecule has 12 heteroatoms. The molecule has 4 rings (SSSR count). The van der Waals surface area contributed by atoms with E-state index in [9.17, 15) is 14.9 Å². The Hall–Kier alpha value is -4.63. The van der Waals surface area contributed by atoms with E-state index in [4.69, 9.17) is 4.79 Å². The maximum Gasteiger partial charge on any atom is 0.251 e. The predicted molar refractivity (Wildman–Crippen MR) is 212 cm³/mol. The first kappa shape index (κ1) is 46.4. The van der Waals surface area contributed by atoms with Crippen LogP contribution in [0.25, 0.3) is 0 Å². The highest BCUT2D eigenvalue weighted by Gasteiger charge is 2.28. The molecule has 4 N–H and O–H groups in total. The number of piperidine rings is 1. The van der Waals surface area contributed by atoms with Gasteiger partial charge in [-0.3, -0.25) is 14.4 Å². The number of carbonyl (C=O) groups excluding carboxylic acids is 3. The maximum absolute atomic E-state index is 13.2. The Morgan fingerprint density at radius 2 is 1.74 bits per heavy atom. The summed E-state index contributed by atoms with van der Waals surface area (Å²) in [5, 5.41) is 33.4. The van der Waals surface area contributed by atoms with Gasteiger partial charge in [0.15, 0.2) is 5.82 Å². The Labute approximate surface area is 318 Å². The molecule has 0 bridgehead atoms. The van der Waals surface area contributed by atoms with Crippen LogP contribution in [-0.4, -0.2) is 81.5 Å². The van der Waals surface area contributed by atoms with Crippen LogP contribution in [0.3, 0.4) is 0 Å². The number of hydrogen-bond donors (Lipinski definition) is 4. The van der Waals surface area contributed by atoms with Crippen molar-refractivity contribution in [3.8, 4) is 6.07 Å². The minimum atomic E-state index is -0.359. The number of nitrogens with zero attached hydrogens (tertiary/aromatic N) is 5. The fourth-order valence-corrected chi connectivity index (χ4v) is 5.91. The second kappa shape index (κ2) is 24.6. The number of aromatic nitrogens is 4. The van der Waals surface area contributed by atoms with Crippen molar-refractivity contribution in [2.24, 2.45) is 0 Å². The maximum atomic E-state index is 13.2. The molecule has 1 aliphatic rings. The van der Waals surface area contributed by atoms with Crippen molar-refractivity contribution in [1.82, 2.24) is 41.5 Å². The van der Waals surface area contributed by atoms with Crippen molar-refractivity contribution in [3.05, 3.63) is 75.6 Å². The fraction of sp³-hybridized carbons (Fsp3) is 0.585. The number of tetrazole rings is 1. The van der Waals surface area contributed by atoms with Crippen LogP contribution < -0.4 is 16.0 Å². The van der Waals surface area contributed by atoms with Crippen molar-refractivity contribution in [2.45, 2.75) is 138 Å². The van der Waals surface area contributed by atoms with Gasteiger partial charge >= 0.3 is 0 Å². The van der Waals surface area contributed by atoms with Crippen molar-refractivity contribution in [2.75, 3.05) is 20.1 Å². The monoisotopic (exact) mass is 732 g/mol. The van der Waals surface area contributed by atoms with Gasteiger partial charge in [0, 0.05) is 36.7 Å². The van der Waals surface area contributed by atoms with E-state index in [1.807, 2.05) is 59.7 Å². The summed E-state index contributed by atoms with van der Waals surface area (Å²) in [6.45, 7) is 21.2. The molecule has 0 aliphatic carbocycles. The highest BCUT2D eigenvalue weighted by molar-refractivity contribution is 5.95. The molecule has 1 fully saturated rings. The summed E-state index contributed by atoms with van der Waals surface area (Å²) < 4.78 is 0. The lowest BCUT2D eigenvalue weighted by Crippen LogP contribution is -2.48. The van der Waals surface area contributed by atoms with Gasteiger partial charge in [-0.25, -0.2) is 0 Å². The number of amides is 3. The van der Waals surface area contributed by atoms with E-state index in [0.29, 0.717) is 30.8 Å². The number of aryl methyl sites for hydroxylation is 4. The molecular formula is C41H65N9O3. The molecule has 0 saturated carbocycles. The molecule has 3 amide bonds. The minimum Gasteiger partial charge on any atom is -0.362 e. The van der Waals surface area contributed by atoms with Gasteiger partial charge in [0.1, 0.15) is 6.04 Å². The Morgan fingerprint density at radius 3 is 2.32 bits per heavy atom. The highest BCUT2D eigenvalue weighted by atomic mass is 16.2. The highest BCUT2D eigenvalue weighted by Crippen LogP contribution is 2.31. The van der Waals surface area contributed by atoms with Gasteiger partial charge < -0.3 is 20.9 Å². The van der Waals surface area contributed by atoms with E-state index in [1.165, 1.54) is 23.1 Å². The number of aromatic amines is 1. The molecular weight excluding hydrogens is 667 g/mol. The van der Waals surface area contributed by atoms with E-state index < -0.39 is 0 Å². The first-order chi connectivity index (χ1) is 25.3. The smallest absolute Gasteiger partial charge is 0.251 e. The summed E-state index contributed by atoms with van der Waals surface area (Å²) in [4.78, 5) is 37.0. The molecule has 2 heterocycles.